The van der Waals surface area contributed by atoms with E-state index in [2.05, 4.69) is 11.8 Å². The van der Waals surface area contributed by atoms with E-state index in [0.29, 0.717) is 5.88 Å². The van der Waals surface area contributed by atoms with Gasteiger partial charge in [0.15, 0.2) is 0 Å². The maximum Gasteiger partial charge on any atom is 0.0593 e. The molecule has 68 valence electrons. The molecule has 3 heteroatoms. The van der Waals surface area contributed by atoms with Crippen LogP contribution >= 0.6 is 11.6 Å². The first kappa shape index (κ1) is 11.2. The van der Waals surface area contributed by atoms with Crippen LogP contribution in [0.25, 0.3) is 0 Å². The topological polar surface area (TPSA) is 12.5 Å². The maximum atomic E-state index is 5.61. The molecule has 0 saturated carbocycles. The molecule has 0 N–H and O–H groups in total. The molecule has 0 atom stereocenters. The molecule has 11 heavy (non-hydrogen) atoms. The first-order chi connectivity index (χ1) is 5.35. The van der Waals surface area contributed by atoms with Crippen LogP contribution in [0.5, 0.6) is 0 Å². The van der Waals surface area contributed by atoms with E-state index in [1.54, 1.807) is 0 Å². The average Bonchev–Trinajstić information content (AvgIpc) is 2.03. The largest absolute Gasteiger partial charge is 0.380 e. The summed E-state index contributed by atoms with van der Waals surface area (Å²) in [6.07, 6.45) is 0. The fourth-order valence-corrected chi connectivity index (χ4v) is 1.12. The van der Waals surface area contributed by atoms with E-state index in [1.165, 1.54) is 0 Å². The van der Waals surface area contributed by atoms with Crippen molar-refractivity contribution in [2.24, 2.45) is 0 Å². The number of nitrogens with zero attached hydrogens (tertiary/aromatic N) is 1. The zero-order valence-electron chi connectivity index (χ0n) is 7.48. The lowest BCUT2D eigenvalue weighted by Crippen LogP contribution is -2.29. The summed E-state index contributed by atoms with van der Waals surface area (Å²) in [4.78, 5) is 2.28. The van der Waals surface area contributed by atoms with Gasteiger partial charge in [-0.25, -0.2) is 0 Å². The SMILES string of the molecule is CCOCCN(CC)CCCl. The van der Waals surface area contributed by atoms with E-state index in [9.17, 15) is 0 Å². The summed E-state index contributed by atoms with van der Waals surface area (Å²) in [5.74, 6) is 0.708. The number of halogens is 1. The highest BCUT2D eigenvalue weighted by Crippen LogP contribution is 1.89. The van der Waals surface area contributed by atoms with Crippen LogP contribution in [0.2, 0.25) is 0 Å². The van der Waals surface area contributed by atoms with Crippen LogP contribution in [0.3, 0.4) is 0 Å². The van der Waals surface area contributed by atoms with E-state index in [-0.39, 0.29) is 0 Å². The smallest absolute Gasteiger partial charge is 0.0593 e. The number of hydrogen-bond donors (Lipinski definition) is 0. The van der Waals surface area contributed by atoms with Crippen LogP contribution in [0, 0.1) is 0 Å². The third-order valence-corrected chi connectivity index (χ3v) is 1.77. The number of alkyl halides is 1. The van der Waals surface area contributed by atoms with Gasteiger partial charge in [-0.3, -0.25) is 0 Å². The van der Waals surface area contributed by atoms with E-state index < -0.39 is 0 Å². The van der Waals surface area contributed by atoms with Gasteiger partial charge in [0.2, 0.25) is 0 Å². The van der Waals surface area contributed by atoms with Crippen molar-refractivity contribution in [1.29, 1.82) is 0 Å². The van der Waals surface area contributed by atoms with E-state index in [4.69, 9.17) is 16.3 Å². The Kier molecular flexibility index (Phi) is 8.47. The predicted molar refractivity (Wildman–Crippen MR) is 49.3 cm³/mol. The van der Waals surface area contributed by atoms with Crippen LogP contribution in [0.15, 0.2) is 0 Å². The van der Waals surface area contributed by atoms with Crippen molar-refractivity contribution in [3.63, 3.8) is 0 Å². The highest BCUT2D eigenvalue weighted by atomic mass is 35.5. The highest BCUT2D eigenvalue weighted by Gasteiger charge is 1.99. The van der Waals surface area contributed by atoms with Crippen molar-refractivity contribution < 1.29 is 4.74 Å². The van der Waals surface area contributed by atoms with Gasteiger partial charge in [0.05, 0.1) is 6.61 Å². The molecule has 0 aliphatic carbocycles. The average molecular weight is 180 g/mol. The molecule has 0 spiro atoms. The first-order valence-corrected chi connectivity index (χ1v) is 4.74. The Bertz CT molecular complexity index is 80.5. The van der Waals surface area contributed by atoms with Crippen molar-refractivity contribution in [2.45, 2.75) is 13.8 Å². The van der Waals surface area contributed by atoms with E-state index >= 15 is 0 Å². The molecule has 2 nitrogen and oxygen atoms in total. The summed E-state index contributed by atoms with van der Waals surface area (Å²) < 4.78 is 5.23. The molecule has 0 bridgehead atoms. The van der Waals surface area contributed by atoms with Crippen molar-refractivity contribution in [3.8, 4) is 0 Å². The summed E-state index contributed by atoms with van der Waals surface area (Å²) in [5.41, 5.74) is 0. The molecule has 0 saturated heterocycles. The quantitative estimate of drug-likeness (QED) is 0.435. The molecule has 0 unspecified atom stereocenters. The normalized spacial score (nSPS) is 10.9. The Morgan fingerprint density at radius 2 is 2.00 bits per heavy atom. The Morgan fingerprint density at radius 1 is 1.27 bits per heavy atom. The third-order valence-electron chi connectivity index (χ3n) is 1.60. The molecule has 0 heterocycles. The Morgan fingerprint density at radius 3 is 2.45 bits per heavy atom. The molecule has 0 amide bonds. The summed E-state index contributed by atoms with van der Waals surface area (Å²) in [5, 5.41) is 0. The van der Waals surface area contributed by atoms with Crippen molar-refractivity contribution >= 4 is 11.6 Å². The van der Waals surface area contributed by atoms with Crippen molar-refractivity contribution in [2.75, 3.05) is 38.7 Å². The van der Waals surface area contributed by atoms with Gasteiger partial charge in [-0.05, 0) is 13.5 Å². The summed E-state index contributed by atoms with van der Waals surface area (Å²) >= 11 is 5.61. The minimum absolute atomic E-state index is 0.708. The third kappa shape index (κ3) is 6.60. The van der Waals surface area contributed by atoms with Crippen LogP contribution < -0.4 is 0 Å². The zero-order chi connectivity index (χ0) is 8.53. The monoisotopic (exact) mass is 179 g/mol. The lowest BCUT2D eigenvalue weighted by atomic mass is 10.5. The van der Waals surface area contributed by atoms with Gasteiger partial charge in [-0.1, -0.05) is 6.92 Å². The number of ether oxygens (including phenoxy) is 1. The van der Waals surface area contributed by atoms with E-state index in [1.807, 2.05) is 6.92 Å². The molecule has 0 aromatic rings. The molecule has 0 radical (unpaired) electrons. The Balaban J connectivity index is 3.20. The van der Waals surface area contributed by atoms with Crippen LogP contribution in [-0.4, -0.2) is 43.6 Å². The number of hydrogen-bond acceptors (Lipinski definition) is 2. The second-order valence-corrected chi connectivity index (χ2v) is 2.70. The second kappa shape index (κ2) is 8.31. The Hall–Kier alpha value is 0.210. The second-order valence-electron chi connectivity index (χ2n) is 2.32. The highest BCUT2D eigenvalue weighted by molar-refractivity contribution is 6.18. The Labute approximate surface area is 74.5 Å². The lowest BCUT2D eigenvalue weighted by Gasteiger charge is -2.18. The number of rotatable bonds is 7. The molecule has 0 aromatic carbocycles. The van der Waals surface area contributed by atoms with Gasteiger partial charge in [0.25, 0.3) is 0 Å². The molecular formula is C8H18ClNO. The van der Waals surface area contributed by atoms with Crippen LogP contribution in [0.4, 0.5) is 0 Å². The predicted octanol–water partition coefficient (Wildman–Crippen LogP) is 1.58. The van der Waals surface area contributed by atoms with Crippen LogP contribution in [-0.2, 0) is 4.74 Å². The number of likely N-dealkylation sites (N-methyl/N-ethyl adjacent to an activating group) is 1. The summed E-state index contributed by atoms with van der Waals surface area (Å²) in [7, 11) is 0. The van der Waals surface area contributed by atoms with Crippen molar-refractivity contribution in [1.82, 2.24) is 4.90 Å². The molecular weight excluding hydrogens is 162 g/mol. The minimum Gasteiger partial charge on any atom is -0.380 e. The van der Waals surface area contributed by atoms with Crippen molar-refractivity contribution in [3.05, 3.63) is 0 Å². The van der Waals surface area contributed by atoms with E-state index in [0.717, 1.165) is 32.8 Å². The zero-order valence-corrected chi connectivity index (χ0v) is 8.23. The molecule has 0 fully saturated rings. The maximum absolute atomic E-state index is 5.61. The van der Waals surface area contributed by atoms with Gasteiger partial charge in [-0.15, -0.1) is 11.6 Å². The molecule has 0 aliphatic rings. The summed E-state index contributed by atoms with van der Waals surface area (Å²) in [6.45, 7) is 8.79. The molecule has 0 aliphatic heterocycles. The standard InChI is InChI=1S/C8H18ClNO/c1-3-10(6-5-9)7-8-11-4-2/h3-8H2,1-2H3. The fourth-order valence-electron chi connectivity index (χ4n) is 0.886. The summed E-state index contributed by atoms with van der Waals surface area (Å²) in [6, 6.07) is 0. The van der Waals surface area contributed by atoms with Gasteiger partial charge in [0.1, 0.15) is 0 Å². The first-order valence-electron chi connectivity index (χ1n) is 4.21. The van der Waals surface area contributed by atoms with Gasteiger partial charge < -0.3 is 9.64 Å². The molecule has 0 aromatic heterocycles. The molecule has 0 rings (SSSR count). The lowest BCUT2D eigenvalue weighted by molar-refractivity contribution is 0.117. The van der Waals surface area contributed by atoms with Crippen LogP contribution in [0.1, 0.15) is 13.8 Å². The van der Waals surface area contributed by atoms with Gasteiger partial charge >= 0.3 is 0 Å². The minimum atomic E-state index is 0.708. The fraction of sp³-hybridized carbons (Fsp3) is 1.00. The van der Waals surface area contributed by atoms with Gasteiger partial charge in [-0.2, -0.15) is 0 Å². The van der Waals surface area contributed by atoms with Gasteiger partial charge in [0, 0.05) is 25.6 Å².